The van der Waals surface area contributed by atoms with Crippen LogP contribution in [0.2, 0.25) is 0 Å². The number of halogens is 8. The summed E-state index contributed by atoms with van der Waals surface area (Å²) >= 11 is 12.0. The Morgan fingerprint density at radius 3 is 1.71 bits per heavy atom. The molecule has 31 heavy (non-hydrogen) atoms. The smallest absolute Gasteiger partial charge is 0.287 e. The number of sulfone groups is 1. The Morgan fingerprint density at radius 1 is 0.935 bits per heavy atom. The normalized spacial score (nSPS) is 20.1. The Kier molecular flexibility index (Phi) is 7.27. The van der Waals surface area contributed by atoms with Crippen LogP contribution in [0.15, 0.2) is 20.1 Å². The number of rotatable bonds is 4. The summed E-state index contributed by atoms with van der Waals surface area (Å²) in [6.45, 7) is 2.14. The van der Waals surface area contributed by atoms with Crippen molar-refractivity contribution in [2.24, 2.45) is 0 Å². The van der Waals surface area contributed by atoms with Crippen LogP contribution in [0.25, 0.3) is 0 Å². The number of carbonyl (C=O) groups excluding carboxylic acids is 1. The SMILES string of the molecule is CC(C1=C(Cl)SN(C(=N)C(F)(F)F)N1)S(=O)(=O)C(C)C1=C(Cl)SN(C(=O)C(F)(F)F)N1. The molecule has 0 spiro atoms. The van der Waals surface area contributed by atoms with Crippen LogP contribution >= 0.6 is 47.1 Å². The number of amidine groups is 1. The average molecular weight is 554 g/mol. The van der Waals surface area contributed by atoms with Gasteiger partial charge in [0.05, 0.1) is 11.4 Å². The van der Waals surface area contributed by atoms with E-state index in [2.05, 4.69) is 5.43 Å². The second kappa shape index (κ2) is 8.64. The molecule has 3 N–H and O–H groups in total. The molecule has 0 saturated heterocycles. The highest BCUT2D eigenvalue weighted by Gasteiger charge is 2.48. The van der Waals surface area contributed by atoms with Crippen molar-refractivity contribution in [3.05, 3.63) is 20.1 Å². The van der Waals surface area contributed by atoms with Gasteiger partial charge >= 0.3 is 18.3 Å². The third-order valence-corrected chi connectivity index (χ3v) is 8.83. The number of carbonyl (C=O) groups is 1. The van der Waals surface area contributed by atoms with Crippen LogP contribution in [0, 0.1) is 5.41 Å². The number of nitrogens with one attached hydrogen (secondary N) is 3. The summed E-state index contributed by atoms with van der Waals surface area (Å²) in [6, 6.07) is 0. The molecule has 0 saturated carbocycles. The topological polar surface area (TPSA) is 106 Å². The van der Waals surface area contributed by atoms with Gasteiger partial charge in [-0.1, -0.05) is 23.2 Å². The number of alkyl halides is 6. The molecule has 2 rings (SSSR count). The third kappa shape index (κ3) is 5.26. The molecular weight excluding hydrogens is 543 g/mol. The second-order valence-corrected chi connectivity index (χ2v) is 11.6. The van der Waals surface area contributed by atoms with Crippen LogP contribution in [0.4, 0.5) is 26.3 Å². The Bertz CT molecular complexity index is 898. The van der Waals surface area contributed by atoms with E-state index in [1.165, 1.54) is 0 Å². The van der Waals surface area contributed by atoms with Crippen LogP contribution in [0.1, 0.15) is 13.8 Å². The van der Waals surface area contributed by atoms with E-state index in [9.17, 15) is 39.6 Å². The molecule has 0 radical (unpaired) electrons. The number of amides is 1. The molecule has 2 aliphatic rings. The van der Waals surface area contributed by atoms with E-state index in [-0.39, 0.29) is 42.8 Å². The number of hydrazine groups is 2. The van der Waals surface area contributed by atoms with Gasteiger partial charge in [-0.25, -0.2) is 12.8 Å². The van der Waals surface area contributed by atoms with Crippen molar-refractivity contribution in [3.8, 4) is 0 Å². The maximum atomic E-state index is 12.9. The van der Waals surface area contributed by atoms with Crippen molar-refractivity contribution in [3.63, 3.8) is 0 Å². The summed E-state index contributed by atoms with van der Waals surface area (Å²) in [5, 5.41) is 3.91. The van der Waals surface area contributed by atoms with Gasteiger partial charge in [0, 0.05) is 23.9 Å². The Labute approximate surface area is 190 Å². The maximum Gasteiger partial charge on any atom is 0.474 e. The fourth-order valence-electron chi connectivity index (χ4n) is 2.17. The molecule has 0 aromatic carbocycles. The molecule has 2 heterocycles. The Morgan fingerprint density at radius 2 is 1.32 bits per heavy atom. The summed E-state index contributed by atoms with van der Waals surface area (Å²) in [4.78, 5) is 11.3. The average Bonchev–Trinajstić information content (AvgIpc) is 3.20. The standard InChI is InChI=1S/C12H11Cl2F6N5O3S3/c1-3(5-7(13)29-24(22-5)9(21)11(15,16)17)31(27,28)4(2)6-8(14)30-25(23-6)10(26)12(18,19)20/h3-4,21-23H,1-2H3. The lowest BCUT2D eigenvalue weighted by Crippen LogP contribution is -2.46. The van der Waals surface area contributed by atoms with E-state index in [0.717, 1.165) is 13.8 Å². The van der Waals surface area contributed by atoms with Gasteiger partial charge in [0.25, 0.3) is 0 Å². The van der Waals surface area contributed by atoms with Crippen molar-refractivity contribution in [1.82, 2.24) is 19.7 Å². The van der Waals surface area contributed by atoms with Crippen LogP contribution in [-0.2, 0) is 14.6 Å². The minimum atomic E-state index is -5.25. The van der Waals surface area contributed by atoms with Crippen LogP contribution in [0.3, 0.4) is 0 Å². The highest BCUT2D eigenvalue weighted by molar-refractivity contribution is 8.03. The highest BCUT2D eigenvalue weighted by atomic mass is 35.5. The lowest BCUT2D eigenvalue weighted by atomic mass is 10.4. The van der Waals surface area contributed by atoms with Gasteiger partial charge in [0.2, 0.25) is 5.84 Å². The maximum absolute atomic E-state index is 12.9. The first-order chi connectivity index (χ1) is 13.9. The molecule has 8 nitrogen and oxygen atoms in total. The summed E-state index contributed by atoms with van der Waals surface area (Å²) in [6.07, 6.45) is -10.3. The monoisotopic (exact) mass is 553 g/mol. The van der Waals surface area contributed by atoms with Crippen LogP contribution < -0.4 is 10.9 Å². The molecule has 1 amide bonds. The Balaban J connectivity index is 2.21. The fourth-order valence-corrected chi connectivity index (χ4v) is 6.52. The molecule has 0 aromatic rings. The molecular formula is C12H11Cl2F6N5O3S3. The van der Waals surface area contributed by atoms with Gasteiger partial charge in [0.1, 0.15) is 19.2 Å². The lowest BCUT2D eigenvalue weighted by molar-refractivity contribution is -0.181. The van der Waals surface area contributed by atoms with Gasteiger partial charge in [-0.3, -0.25) is 21.1 Å². The molecule has 0 aromatic heterocycles. The van der Waals surface area contributed by atoms with Gasteiger partial charge in [-0.05, 0) is 13.8 Å². The number of hydrogen-bond donors (Lipinski definition) is 3. The minimum absolute atomic E-state index is 0.0106. The molecule has 19 heteroatoms. The molecule has 0 fully saturated rings. The van der Waals surface area contributed by atoms with E-state index in [1.807, 2.05) is 5.43 Å². The first kappa shape index (κ1) is 26.1. The summed E-state index contributed by atoms with van der Waals surface area (Å²) in [7, 11) is -4.37. The van der Waals surface area contributed by atoms with E-state index in [0.29, 0.717) is 0 Å². The number of hydrogen-bond acceptors (Lipinski definition) is 8. The van der Waals surface area contributed by atoms with Gasteiger partial charge in [-0.15, -0.1) is 0 Å². The highest BCUT2D eigenvalue weighted by Crippen LogP contribution is 2.41. The summed E-state index contributed by atoms with van der Waals surface area (Å²) in [5.41, 5.74) is 3.26. The quantitative estimate of drug-likeness (QED) is 0.210. The van der Waals surface area contributed by atoms with Gasteiger partial charge in [0.15, 0.2) is 9.84 Å². The summed E-state index contributed by atoms with van der Waals surface area (Å²) in [5.74, 6) is -4.17. The zero-order valence-electron chi connectivity index (χ0n) is 15.0. The molecule has 2 aliphatic heterocycles. The Hall–Kier alpha value is -1.17. The van der Waals surface area contributed by atoms with Gasteiger partial charge < -0.3 is 0 Å². The van der Waals surface area contributed by atoms with Crippen molar-refractivity contribution in [2.45, 2.75) is 36.7 Å². The lowest BCUT2D eigenvalue weighted by Gasteiger charge is -2.24. The van der Waals surface area contributed by atoms with Crippen LogP contribution in [0.5, 0.6) is 0 Å². The van der Waals surface area contributed by atoms with Crippen molar-refractivity contribution >= 4 is 68.7 Å². The zero-order chi connectivity index (χ0) is 24.1. The predicted molar refractivity (Wildman–Crippen MR) is 104 cm³/mol. The molecule has 0 aliphatic carbocycles. The first-order valence-electron chi connectivity index (χ1n) is 7.67. The first-order valence-corrected chi connectivity index (χ1v) is 11.6. The largest absolute Gasteiger partial charge is 0.474 e. The van der Waals surface area contributed by atoms with E-state index in [4.69, 9.17) is 28.6 Å². The fraction of sp³-hybridized carbons (Fsp3) is 0.500. The molecule has 0 bridgehead atoms. The van der Waals surface area contributed by atoms with Crippen molar-refractivity contribution in [1.29, 1.82) is 5.41 Å². The van der Waals surface area contributed by atoms with Crippen molar-refractivity contribution in [2.75, 3.05) is 0 Å². The molecule has 2 atom stereocenters. The molecule has 176 valence electrons. The summed E-state index contributed by atoms with van der Waals surface area (Å²) < 4.78 is 101. The minimum Gasteiger partial charge on any atom is -0.287 e. The zero-order valence-corrected chi connectivity index (χ0v) is 19.0. The van der Waals surface area contributed by atoms with E-state index < -0.39 is 54.5 Å². The van der Waals surface area contributed by atoms with E-state index >= 15 is 0 Å². The molecule has 2 unspecified atom stereocenters. The van der Waals surface area contributed by atoms with Gasteiger partial charge in [-0.2, -0.15) is 30.8 Å². The van der Waals surface area contributed by atoms with Crippen LogP contribution in [-0.4, -0.2) is 51.8 Å². The van der Waals surface area contributed by atoms with Crippen molar-refractivity contribution < 1.29 is 39.6 Å². The third-order valence-electron chi connectivity index (χ3n) is 3.91. The second-order valence-electron chi connectivity index (χ2n) is 5.89. The van der Waals surface area contributed by atoms with E-state index in [1.54, 1.807) is 0 Å². The number of nitrogens with zero attached hydrogens (tertiary/aromatic N) is 2. The predicted octanol–water partition coefficient (Wildman–Crippen LogP) is 3.56.